The van der Waals surface area contributed by atoms with Crippen molar-refractivity contribution in [2.45, 2.75) is 26.2 Å². The molecule has 1 aromatic heterocycles. The van der Waals surface area contributed by atoms with Crippen molar-refractivity contribution < 1.29 is 0 Å². The van der Waals surface area contributed by atoms with Crippen LogP contribution < -0.4 is 4.90 Å². The average Bonchev–Trinajstić information content (AvgIpc) is 2.46. The molecular weight excluding hydrogens is 238 g/mol. The Morgan fingerprint density at radius 1 is 1.21 bits per heavy atom. The van der Waals surface area contributed by atoms with E-state index in [1.807, 2.05) is 0 Å². The molecule has 1 aliphatic heterocycles. The zero-order valence-electron chi connectivity index (χ0n) is 11.7. The van der Waals surface area contributed by atoms with Crippen molar-refractivity contribution in [1.29, 1.82) is 5.26 Å². The zero-order chi connectivity index (χ0) is 13.7. The average molecular weight is 259 g/mol. The maximum absolute atomic E-state index is 8.59. The molecule has 1 aromatic rings. The molecule has 2 rings (SSSR count). The van der Waals surface area contributed by atoms with Gasteiger partial charge in [-0.1, -0.05) is 13.8 Å². The normalized spacial score (nSPS) is 16.6. The largest absolute Gasteiger partial charge is 0.353 e. The van der Waals surface area contributed by atoms with Crippen LogP contribution in [0.5, 0.6) is 0 Å². The van der Waals surface area contributed by atoms with Crippen LogP contribution >= 0.6 is 0 Å². The van der Waals surface area contributed by atoms with Crippen molar-refractivity contribution in [3.63, 3.8) is 0 Å². The van der Waals surface area contributed by atoms with Crippen molar-refractivity contribution in [1.82, 2.24) is 15.1 Å². The molecule has 0 saturated carbocycles. The molecule has 1 fully saturated rings. The van der Waals surface area contributed by atoms with Crippen LogP contribution in [0.1, 0.15) is 31.9 Å². The van der Waals surface area contributed by atoms with Crippen LogP contribution in [-0.4, -0.2) is 47.8 Å². The summed E-state index contributed by atoms with van der Waals surface area (Å²) in [5.74, 6) is 1.38. The highest BCUT2D eigenvalue weighted by molar-refractivity contribution is 5.38. The molecule has 0 spiro atoms. The maximum atomic E-state index is 8.59. The van der Waals surface area contributed by atoms with Gasteiger partial charge in [0.25, 0.3) is 0 Å². The summed E-state index contributed by atoms with van der Waals surface area (Å²) >= 11 is 0. The van der Waals surface area contributed by atoms with Gasteiger partial charge in [0, 0.05) is 39.1 Å². The zero-order valence-corrected chi connectivity index (χ0v) is 11.7. The summed E-state index contributed by atoms with van der Waals surface area (Å²) in [6.07, 6.45) is 0.614. The van der Waals surface area contributed by atoms with E-state index in [9.17, 15) is 0 Å². The third-order valence-electron chi connectivity index (χ3n) is 3.50. The molecule has 1 saturated heterocycles. The van der Waals surface area contributed by atoms with Crippen LogP contribution in [0.4, 0.5) is 5.82 Å². The molecule has 0 N–H and O–H groups in total. The van der Waals surface area contributed by atoms with E-state index in [1.165, 1.54) is 0 Å². The molecule has 0 amide bonds. The number of nitriles is 1. The molecule has 5 heteroatoms. The molecular formula is C14H21N5. The number of hydrogen-bond donors (Lipinski definition) is 0. The highest BCUT2D eigenvalue weighted by Crippen LogP contribution is 2.16. The number of rotatable bonds is 4. The van der Waals surface area contributed by atoms with E-state index in [4.69, 9.17) is 5.26 Å². The van der Waals surface area contributed by atoms with Crippen molar-refractivity contribution in [3.05, 3.63) is 17.8 Å². The highest BCUT2D eigenvalue weighted by Gasteiger charge is 2.18. The van der Waals surface area contributed by atoms with Gasteiger partial charge in [-0.15, -0.1) is 5.10 Å². The van der Waals surface area contributed by atoms with E-state index in [2.05, 4.69) is 52.0 Å². The predicted octanol–water partition coefficient (Wildman–Crippen LogP) is 1.64. The third-order valence-corrected chi connectivity index (χ3v) is 3.50. The van der Waals surface area contributed by atoms with Crippen molar-refractivity contribution >= 4 is 5.82 Å². The number of hydrogen-bond acceptors (Lipinski definition) is 5. The van der Waals surface area contributed by atoms with Gasteiger partial charge in [0.15, 0.2) is 5.82 Å². The predicted molar refractivity (Wildman–Crippen MR) is 75.0 cm³/mol. The lowest BCUT2D eigenvalue weighted by atomic mass is 10.1. The highest BCUT2D eigenvalue weighted by atomic mass is 15.3. The number of nitrogens with zero attached hydrogens (tertiary/aromatic N) is 5. The molecule has 5 nitrogen and oxygen atoms in total. The maximum Gasteiger partial charge on any atom is 0.151 e. The van der Waals surface area contributed by atoms with Gasteiger partial charge in [-0.25, -0.2) is 0 Å². The summed E-state index contributed by atoms with van der Waals surface area (Å²) < 4.78 is 0. The second-order valence-electron chi connectivity index (χ2n) is 5.21. The summed E-state index contributed by atoms with van der Waals surface area (Å²) in [5, 5.41) is 17.2. The van der Waals surface area contributed by atoms with E-state index in [-0.39, 0.29) is 0 Å². The second-order valence-corrected chi connectivity index (χ2v) is 5.21. The molecule has 0 atom stereocenters. The fourth-order valence-corrected chi connectivity index (χ4v) is 2.22. The van der Waals surface area contributed by atoms with Gasteiger partial charge >= 0.3 is 0 Å². The molecule has 0 radical (unpaired) electrons. The Morgan fingerprint density at radius 3 is 2.47 bits per heavy atom. The summed E-state index contributed by atoms with van der Waals surface area (Å²) in [6.45, 7) is 9.03. The minimum atomic E-state index is 0.421. The summed E-state index contributed by atoms with van der Waals surface area (Å²) in [5.41, 5.74) is 1.04. The monoisotopic (exact) mass is 259 g/mol. The smallest absolute Gasteiger partial charge is 0.151 e. The van der Waals surface area contributed by atoms with E-state index >= 15 is 0 Å². The summed E-state index contributed by atoms with van der Waals surface area (Å²) in [7, 11) is 0. The van der Waals surface area contributed by atoms with Gasteiger partial charge in [-0.2, -0.15) is 10.4 Å². The van der Waals surface area contributed by atoms with E-state index < -0.39 is 0 Å². The molecule has 19 heavy (non-hydrogen) atoms. The Labute approximate surface area is 114 Å². The Bertz CT molecular complexity index is 426. The quantitative estimate of drug-likeness (QED) is 0.822. The van der Waals surface area contributed by atoms with Crippen LogP contribution in [0.15, 0.2) is 12.1 Å². The van der Waals surface area contributed by atoms with Gasteiger partial charge in [-0.3, -0.25) is 4.90 Å². The van der Waals surface area contributed by atoms with E-state index in [1.54, 1.807) is 0 Å². The van der Waals surface area contributed by atoms with Gasteiger partial charge in [-0.05, 0) is 18.1 Å². The van der Waals surface area contributed by atoms with Crippen LogP contribution in [-0.2, 0) is 0 Å². The number of anilines is 1. The van der Waals surface area contributed by atoms with Gasteiger partial charge in [0.05, 0.1) is 11.8 Å². The number of aromatic nitrogens is 2. The molecule has 102 valence electrons. The Hall–Kier alpha value is -1.67. The second kappa shape index (κ2) is 6.48. The van der Waals surface area contributed by atoms with Gasteiger partial charge in [0.1, 0.15) is 0 Å². The van der Waals surface area contributed by atoms with E-state index in [0.29, 0.717) is 12.3 Å². The summed E-state index contributed by atoms with van der Waals surface area (Å²) in [4.78, 5) is 4.59. The lowest BCUT2D eigenvalue weighted by molar-refractivity contribution is 0.263. The fraction of sp³-hybridized carbons (Fsp3) is 0.643. The molecule has 0 unspecified atom stereocenters. The Kier molecular flexibility index (Phi) is 4.69. The van der Waals surface area contributed by atoms with Crippen LogP contribution in [0.25, 0.3) is 0 Å². The van der Waals surface area contributed by atoms with Crippen molar-refractivity contribution in [3.8, 4) is 6.07 Å². The molecule has 2 heterocycles. The SMILES string of the molecule is CC(C)c1ccc(N2CCN(CCC#N)CC2)nn1. The van der Waals surface area contributed by atoms with Crippen molar-refractivity contribution in [2.75, 3.05) is 37.6 Å². The topological polar surface area (TPSA) is 56.0 Å². The Balaban J connectivity index is 1.89. The first-order chi connectivity index (χ1) is 9.20. The molecule has 0 bridgehead atoms. The summed E-state index contributed by atoms with van der Waals surface area (Å²) in [6, 6.07) is 6.32. The molecule has 0 aliphatic carbocycles. The first-order valence-electron chi connectivity index (χ1n) is 6.88. The van der Waals surface area contributed by atoms with Crippen molar-refractivity contribution in [2.24, 2.45) is 0 Å². The van der Waals surface area contributed by atoms with E-state index in [0.717, 1.165) is 44.2 Å². The minimum Gasteiger partial charge on any atom is -0.353 e. The van der Waals surface area contributed by atoms with Crippen LogP contribution in [0, 0.1) is 11.3 Å². The minimum absolute atomic E-state index is 0.421. The van der Waals surface area contributed by atoms with Gasteiger partial charge < -0.3 is 4.90 Å². The first-order valence-corrected chi connectivity index (χ1v) is 6.88. The van der Waals surface area contributed by atoms with Crippen LogP contribution in [0.2, 0.25) is 0 Å². The first kappa shape index (κ1) is 13.8. The third kappa shape index (κ3) is 3.65. The molecule has 0 aromatic carbocycles. The van der Waals surface area contributed by atoms with Gasteiger partial charge in [0.2, 0.25) is 0 Å². The fourth-order valence-electron chi connectivity index (χ4n) is 2.22. The Morgan fingerprint density at radius 2 is 1.95 bits per heavy atom. The van der Waals surface area contributed by atoms with Crippen LogP contribution in [0.3, 0.4) is 0 Å². The standard InChI is InChI=1S/C14H21N5/c1-12(2)13-4-5-14(17-16-13)19-10-8-18(9-11-19)7-3-6-15/h4-5,12H,3,7-11H2,1-2H3. The lowest BCUT2D eigenvalue weighted by Gasteiger charge is -2.34. The number of piperazine rings is 1. The lowest BCUT2D eigenvalue weighted by Crippen LogP contribution is -2.46. The molecule has 1 aliphatic rings.